The summed E-state index contributed by atoms with van der Waals surface area (Å²) in [6, 6.07) is 1.62. The lowest BCUT2D eigenvalue weighted by molar-refractivity contribution is 0.866. The number of hydrogen-bond donors (Lipinski definition) is 1. The van der Waals surface area contributed by atoms with E-state index in [0.29, 0.717) is 5.92 Å². The number of rotatable bonds is 2. The zero-order valence-corrected chi connectivity index (χ0v) is 7.13. The Bertz CT molecular complexity index is 339. The van der Waals surface area contributed by atoms with Gasteiger partial charge in [0, 0.05) is 18.4 Å². The molecule has 0 radical (unpaired) electrons. The van der Waals surface area contributed by atoms with Crippen molar-refractivity contribution in [3.63, 3.8) is 0 Å². The summed E-state index contributed by atoms with van der Waals surface area (Å²) in [6.45, 7) is 1.99. The highest BCUT2D eigenvalue weighted by atomic mass is 16.1. The van der Waals surface area contributed by atoms with E-state index >= 15 is 0 Å². The van der Waals surface area contributed by atoms with Gasteiger partial charge < -0.3 is 4.98 Å². The maximum atomic E-state index is 11.1. The van der Waals surface area contributed by atoms with Crippen LogP contribution < -0.4 is 5.56 Å². The Labute approximate surface area is 70.9 Å². The zero-order chi connectivity index (χ0) is 8.55. The Morgan fingerprint density at radius 1 is 1.67 bits per heavy atom. The van der Waals surface area contributed by atoms with Crippen LogP contribution in [-0.4, -0.2) is 9.97 Å². The van der Waals surface area contributed by atoms with Gasteiger partial charge in [-0.05, 0) is 12.8 Å². The maximum absolute atomic E-state index is 11.1. The maximum Gasteiger partial charge on any atom is 0.251 e. The monoisotopic (exact) mass is 164 g/mol. The molecule has 12 heavy (non-hydrogen) atoms. The van der Waals surface area contributed by atoms with Crippen LogP contribution in [0.3, 0.4) is 0 Å². The number of aromatic nitrogens is 2. The second-order valence-corrected chi connectivity index (χ2v) is 3.24. The first-order chi connectivity index (χ1) is 5.79. The highest BCUT2D eigenvalue weighted by Crippen LogP contribution is 2.38. The average molecular weight is 164 g/mol. The fourth-order valence-corrected chi connectivity index (χ4v) is 1.28. The van der Waals surface area contributed by atoms with Crippen LogP contribution in [0.5, 0.6) is 0 Å². The third-order valence-corrected chi connectivity index (χ3v) is 2.14. The Hall–Kier alpha value is -1.12. The van der Waals surface area contributed by atoms with Crippen LogP contribution in [0.1, 0.15) is 37.2 Å². The summed E-state index contributed by atoms with van der Waals surface area (Å²) in [5.74, 6) is 1.38. The second-order valence-electron chi connectivity index (χ2n) is 3.24. The number of H-pyrrole nitrogens is 1. The molecule has 1 aliphatic carbocycles. The summed E-state index contributed by atoms with van der Waals surface area (Å²) >= 11 is 0. The minimum atomic E-state index is -0.0104. The first kappa shape index (κ1) is 7.53. The van der Waals surface area contributed by atoms with E-state index < -0.39 is 0 Å². The first-order valence-electron chi connectivity index (χ1n) is 4.39. The molecule has 1 heterocycles. The average Bonchev–Trinajstić information content (AvgIpc) is 2.85. The first-order valence-corrected chi connectivity index (χ1v) is 4.39. The fraction of sp³-hybridized carbons (Fsp3) is 0.556. The molecule has 0 aliphatic heterocycles. The zero-order valence-electron chi connectivity index (χ0n) is 7.13. The number of nitrogens with one attached hydrogen (secondary N) is 1. The number of aromatic amines is 1. The van der Waals surface area contributed by atoms with E-state index in [-0.39, 0.29) is 5.56 Å². The smallest absolute Gasteiger partial charge is 0.251 e. The number of aryl methyl sites for hydroxylation is 1. The SMILES string of the molecule is CCc1nc(C2CC2)cc(=O)[nH]1. The lowest BCUT2D eigenvalue weighted by Gasteiger charge is -1.99. The Morgan fingerprint density at radius 2 is 2.42 bits per heavy atom. The minimum absolute atomic E-state index is 0.0104. The standard InChI is InChI=1S/C9H12N2O/c1-2-8-10-7(6-3-4-6)5-9(12)11-8/h5-6H,2-4H2,1H3,(H,10,11,12). The topological polar surface area (TPSA) is 45.8 Å². The molecule has 1 aliphatic rings. The fourth-order valence-electron chi connectivity index (χ4n) is 1.28. The predicted molar refractivity (Wildman–Crippen MR) is 46.2 cm³/mol. The van der Waals surface area contributed by atoms with E-state index in [1.54, 1.807) is 6.07 Å². The second kappa shape index (κ2) is 2.73. The van der Waals surface area contributed by atoms with Crippen molar-refractivity contribution in [1.29, 1.82) is 0 Å². The van der Waals surface area contributed by atoms with Crippen molar-refractivity contribution in [1.82, 2.24) is 9.97 Å². The van der Waals surface area contributed by atoms with E-state index in [1.807, 2.05) is 6.92 Å². The largest absolute Gasteiger partial charge is 0.311 e. The van der Waals surface area contributed by atoms with E-state index in [0.717, 1.165) is 17.9 Å². The van der Waals surface area contributed by atoms with E-state index in [2.05, 4.69) is 9.97 Å². The third-order valence-electron chi connectivity index (χ3n) is 2.14. The molecular weight excluding hydrogens is 152 g/mol. The Kier molecular flexibility index (Phi) is 1.71. The number of nitrogens with zero attached hydrogens (tertiary/aromatic N) is 1. The molecule has 0 aromatic carbocycles. The molecule has 1 saturated carbocycles. The van der Waals surface area contributed by atoms with Gasteiger partial charge in [0.05, 0.1) is 5.69 Å². The van der Waals surface area contributed by atoms with Crippen molar-refractivity contribution in [3.05, 3.63) is 27.9 Å². The van der Waals surface area contributed by atoms with Gasteiger partial charge in [-0.1, -0.05) is 6.92 Å². The van der Waals surface area contributed by atoms with Gasteiger partial charge >= 0.3 is 0 Å². The van der Waals surface area contributed by atoms with Crippen LogP contribution in [0.2, 0.25) is 0 Å². The van der Waals surface area contributed by atoms with Gasteiger partial charge in [-0.25, -0.2) is 4.98 Å². The molecule has 0 saturated heterocycles. The lowest BCUT2D eigenvalue weighted by atomic mass is 10.3. The van der Waals surface area contributed by atoms with Crippen molar-refractivity contribution in [3.8, 4) is 0 Å². The highest BCUT2D eigenvalue weighted by molar-refractivity contribution is 5.13. The molecule has 0 amide bonds. The Morgan fingerprint density at radius 3 is 3.00 bits per heavy atom. The molecule has 1 aromatic heterocycles. The van der Waals surface area contributed by atoms with Crippen molar-refractivity contribution in [2.75, 3.05) is 0 Å². The van der Waals surface area contributed by atoms with Gasteiger partial charge in [0.1, 0.15) is 5.82 Å². The van der Waals surface area contributed by atoms with E-state index in [9.17, 15) is 4.79 Å². The minimum Gasteiger partial charge on any atom is -0.311 e. The van der Waals surface area contributed by atoms with Crippen LogP contribution in [0.25, 0.3) is 0 Å². The molecule has 0 bridgehead atoms. The van der Waals surface area contributed by atoms with Crippen LogP contribution in [-0.2, 0) is 6.42 Å². The number of hydrogen-bond acceptors (Lipinski definition) is 2. The van der Waals surface area contributed by atoms with Crippen LogP contribution in [0, 0.1) is 0 Å². The van der Waals surface area contributed by atoms with Gasteiger partial charge in [-0.2, -0.15) is 0 Å². The molecule has 1 aromatic rings. The van der Waals surface area contributed by atoms with Crippen molar-refractivity contribution < 1.29 is 0 Å². The molecule has 0 atom stereocenters. The molecule has 1 N–H and O–H groups in total. The van der Waals surface area contributed by atoms with Gasteiger partial charge in [0.15, 0.2) is 0 Å². The van der Waals surface area contributed by atoms with Gasteiger partial charge in [-0.3, -0.25) is 4.79 Å². The summed E-state index contributed by atoms with van der Waals surface area (Å²) in [4.78, 5) is 18.2. The van der Waals surface area contributed by atoms with Crippen LogP contribution in [0.15, 0.2) is 10.9 Å². The summed E-state index contributed by atoms with van der Waals surface area (Å²) in [6.07, 6.45) is 3.19. The molecule has 1 fully saturated rings. The molecule has 0 spiro atoms. The van der Waals surface area contributed by atoms with Crippen molar-refractivity contribution >= 4 is 0 Å². The van der Waals surface area contributed by atoms with Gasteiger partial charge in [0.2, 0.25) is 0 Å². The summed E-state index contributed by atoms with van der Waals surface area (Å²) in [5.41, 5.74) is 0.972. The predicted octanol–water partition coefficient (Wildman–Crippen LogP) is 1.21. The lowest BCUT2D eigenvalue weighted by Crippen LogP contribution is -2.11. The highest BCUT2D eigenvalue weighted by Gasteiger charge is 2.25. The molecule has 3 nitrogen and oxygen atoms in total. The van der Waals surface area contributed by atoms with E-state index in [4.69, 9.17) is 0 Å². The molecule has 64 valence electrons. The van der Waals surface area contributed by atoms with Crippen molar-refractivity contribution in [2.24, 2.45) is 0 Å². The van der Waals surface area contributed by atoms with Gasteiger partial charge in [-0.15, -0.1) is 0 Å². The van der Waals surface area contributed by atoms with Gasteiger partial charge in [0.25, 0.3) is 5.56 Å². The summed E-state index contributed by atoms with van der Waals surface area (Å²) < 4.78 is 0. The molecular formula is C9H12N2O. The molecule has 0 unspecified atom stereocenters. The normalized spacial score (nSPS) is 16.4. The summed E-state index contributed by atoms with van der Waals surface area (Å²) in [7, 11) is 0. The molecule has 2 rings (SSSR count). The quantitative estimate of drug-likeness (QED) is 0.714. The molecule has 3 heteroatoms. The summed E-state index contributed by atoms with van der Waals surface area (Å²) in [5, 5.41) is 0. The Balaban J connectivity index is 2.41. The van der Waals surface area contributed by atoms with Crippen molar-refractivity contribution in [2.45, 2.75) is 32.1 Å². The van der Waals surface area contributed by atoms with Crippen LogP contribution >= 0.6 is 0 Å². The van der Waals surface area contributed by atoms with Crippen LogP contribution in [0.4, 0.5) is 0 Å². The van der Waals surface area contributed by atoms with E-state index in [1.165, 1.54) is 12.8 Å². The third kappa shape index (κ3) is 1.40.